The number of carbonyl (C=O) groups excluding carboxylic acids is 2. The minimum absolute atomic E-state index is 0.0413. The number of methoxy groups -OCH3 is 1. The molecule has 0 saturated heterocycles. The second-order valence-corrected chi connectivity index (χ2v) is 7.06. The van der Waals surface area contributed by atoms with E-state index >= 15 is 0 Å². The molecule has 0 amide bonds. The average Bonchev–Trinajstić information content (AvgIpc) is 3.14. The number of hydrogen-bond acceptors (Lipinski definition) is 6. The largest absolute Gasteiger partial charge is 0.496 e. The Kier molecular flexibility index (Phi) is 6.00. The topological polar surface area (TPSA) is 74.2 Å². The second-order valence-electron chi connectivity index (χ2n) is 6.62. The number of benzene rings is 3. The molecular weight excluding hydrogens is 437 g/mol. The molecule has 0 N–H and O–H groups in total. The Morgan fingerprint density at radius 2 is 1.91 bits per heavy atom. The van der Waals surface area contributed by atoms with Crippen LogP contribution in [0, 0.1) is 5.82 Å². The molecule has 1 aliphatic heterocycles. The predicted molar refractivity (Wildman–Crippen MR) is 116 cm³/mol. The molecule has 0 fully saturated rings. The lowest BCUT2D eigenvalue weighted by Gasteiger charge is -2.07. The van der Waals surface area contributed by atoms with Gasteiger partial charge in [-0.2, -0.15) is 0 Å². The minimum atomic E-state index is -0.832. The van der Waals surface area contributed by atoms with Gasteiger partial charge in [-0.15, -0.1) is 0 Å². The first-order valence-electron chi connectivity index (χ1n) is 9.38. The van der Waals surface area contributed by atoms with E-state index in [1.165, 1.54) is 43.5 Å². The van der Waals surface area contributed by atoms with Gasteiger partial charge in [-0.05, 0) is 54.1 Å². The van der Waals surface area contributed by atoms with Gasteiger partial charge >= 0.3 is 11.9 Å². The zero-order valence-corrected chi connectivity index (χ0v) is 17.4. The van der Waals surface area contributed by atoms with Crippen LogP contribution in [0.2, 0.25) is 5.02 Å². The molecule has 160 valence electrons. The molecule has 0 aliphatic carbocycles. The number of hydrogen-bond donors (Lipinski definition) is 0. The molecule has 4 rings (SSSR count). The zero-order chi connectivity index (χ0) is 22.7. The van der Waals surface area contributed by atoms with Crippen molar-refractivity contribution >= 4 is 35.5 Å². The van der Waals surface area contributed by atoms with Crippen LogP contribution in [0.5, 0.6) is 11.5 Å². The Balaban J connectivity index is 1.59. The Bertz CT molecular complexity index is 1280. The summed E-state index contributed by atoms with van der Waals surface area (Å²) in [6.45, 7) is 0. The summed E-state index contributed by atoms with van der Waals surface area (Å²) in [6, 6.07) is 16.8. The molecular formula is C24H15ClFNO5. The number of aliphatic imine (C=N–C) groups is 1. The van der Waals surface area contributed by atoms with Gasteiger partial charge in [-0.3, -0.25) is 0 Å². The van der Waals surface area contributed by atoms with Crippen molar-refractivity contribution in [2.24, 2.45) is 4.99 Å². The van der Waals surface area contributed by atoms with Crippen molar-refractivity contribution in [3.05, 3.63) is 100.0 Å². The van der Waals surface area contributed by atoms with Crippen molar-refractivity contribution in [2.45, 2.75) is 0 Å². The van der Waals surface area contributed by atoms with E-state index in [0.29, 0.717) is 21.9 Å². The van der Waals surface area contributed by atoms with Gasteiger partial charge in [-0.25, -0.2) is 19.0 Å². The molecule has 0 atom stereocenters. The summed E-state index contributed by atoms with van der Waals surface area (Å²) in [7, 11) is 1.48. The molecule has 8 heteroatoms. The monoisotopic (exact) mass is 451 g/mol. The van der Waals surface area contributed by atoms with Gasteiger partial charge in [0.1, 0.15) is 17.3 Å². The lowest BCUT2D eigenvalue weighted by atomic mass is 10.1. The lowest BCUT2D eigenvalue weighted by molar-refractivity contribution is -0.129. The fraction of sp³-hybridized carbons (Fsp3) is 0.0417. The maximum atomic E-state index is 13.8. The van der Waals surface area contributed by atoms with Crippen molar-refractivity contribution in [1.82, 2.24) is 0 Å². The summed E-state index contributed by atoms with van der Waals surface area (Å²) in [5.74, 6) is -1.48. The summed E-state index contributed by atoms with van der Waals surface area (Å²) in [4.78, 5) is 28.8. The Labute approximate surface area is 187 Å². The van der Waals surface area contributed by atoms with Gasteiger partial charge in [0.25, 0.3) is 0 Å². The molecule has 32 heavy (non-hydrogen) atoms. The Morgan fingerprint density at radius 1 is 1.09 bits per heavy atom. The van der Waals surface area contributed by atoms with Crippen LogP contribution in [0.4, 0.5) is 4.39 Å². The number of ether oxygens (including phenoxy) is 3. The highest BCUT2D eigenvalue weighted by Gasteiger charge is 2.26. The van der Waals surface area contributed by atoms with Crippen LogP contribution < -0.4 is 9.47 Å². The van der Waals surface area contributed by atoms with Crippen LogP contribution in [0.3, 0.4) is 0 Å². The van der Waals surface area contributed by atoms with E-state index in [1.807, 2.05) is 0 Å². The van der Waals surface area contributed by atoms with E-state index in [2.05, 4.69) is 4.99 Å². The molecule has 0 aromatic heterocycles. The molecule has 0 radical (unpaired) electrons. The lowest BCUT2D eigenvalue weighted by Crippen LogP contribution is -2.10. The third kappa shape index (κ3) is 4.53. The predicted octanol–water partition coefficient (Wildman–Crippen LogP) is 5.05. The van der Waals surface area contributed by atoms with E-state index in [4.69, 9.17) is 25.8 Å². The molecule has 0 unspecified atom stereocenters. The van der Waals surface area contributed by atoms with E-state index in [9.17, 15) is 14.0 Å². The Morgan fingerprint density at radius 3 is 2.69 bits per heavy atom. The molecule has 1 heterocycles. The molecule has 3 aromatic carbocycles. The number of cyclic esters (lactones) is 1. The summed E-state index contributed by atoms with van der Waals surface area (Å²) in [5, 5.41) is 0.432. The number of rotatable bonds is 5. The normalized spacial score (nSPS) is 14.2. The fourth-order valence-corrected chi connectivity index (χ4v) is 3.16. The van der Waals surface area contributed by atoms with Gasteiger partial charge in [0.15, 0.2) is 5.70 Å². The maximum Gasteiger partial charge on any atom is 0.363 e. The van der Waals surface area contributed by atoms with Crippen LogP contribution in [0.1, 0.15) is 21.5 Å². The molecule has 0 bridgehead atoms. The molecule has 3 aromatic rings. The zero-order valence-electron chi connectivity index (χ0n) is 16.7. The van der Waals surface area contributed by atoms with Crippen LogP contribution >= 0.6 is 11.6 Å². The standard InChI is InChI=1S/C24H15ClFNO5/c1-30-21-10-9-15(25)13-18(21)22-27-20(24(29)32-22)12-14-5-4-6-16(11-14)31-23(28)17-7-2-3-8-19(17)26/h2-13H,1H3/b20-12-. The van der Waals surface area contributed by atoms with Crippen LogP contribution in [0.15, 0.2) is 77.4 Å². The van der Waals surface area contributed by atoms with E-state index in [1.54, 1.807) is 36.4 Å². The van der Waals surface area contributed by atoms with Crippen LogP contribution in [0.25, 0.3) is 6.08 Å². The van der Waals surface area contributed by atoms with Crippen molar-refractivity contribution in [1.29, 1.82) is 0 Å². The van der Waals surface area contributed by atoms with Crippen molar-refractivity contribution in [3.63, 3.8) is 0 Å². The second kappa shape index (κ2) is 9.03. The highest BCUT2D eigenvalue weighted by Crippen LogP contribution is 2.28. The third-order valence-electron chi connectivity index (χ3n) is 4.48. The van der Waals surface area contributed by atoms with Gasteiger partial charge in [0.05, 0.1) is 18.2 Å². The maximum absolute atomic E-state index is 13.8. The third-order valence-corrected chi connectivity index (χ3v) is 4.71. The Hall–Kier alpha value is -3.97. The summed E-state index contributed by atoms with van der Waals surface area (Å²) < 4.78 is 29.6. The molecule has 1 aliphatic rings. The number of nitrogens with zero attached hydrogens (tertiary/aromatic N) is 1. The number of carbonyl (C=O) groups is 2. The quantitative estimate of drug-likeness (QED) is 0.308. The number of esters is 2. The van der Waals surface area contributed by atoms with E-state index in [-0.39, 0.29) is 22.9 Å². The van der Waals surface area contributed by atoms with E-state index < -0.39 is 17.8 Å². The minimum Gasteiger partial charge on any atom is -0.496 e. The summed E-state index contributed by atoms with van der Waals surface area (Å²) in [5.41, 5.74) is 0.822. The first-order valence-corrected chi connectivity index (χ1v) is 9.75. The SMILES string of the molecule is COc1ccc(Cl)cc1C1=N/C(=C\c2cccc(OC(=O)c3ccccc3F)c2)C(=O)O1. The average molecular weight is 452 g/mol. The first-order chi connectivity index (χ1) is 15.4. The van der Waals surface area contributed by atoms with Gasteiger partial charge in [0.2, 0.25) is 5.90 Å². The van der Waals surface area contributed by atoms with Crippen LogP contribution in [-0.2, 0) is 9.53 Å². The first kappa shape index (κ1) is 21.3. The van der Waals surface area contributed by atoms with Crippen molar-refractivity contribution < 1.29 is 28.2 Å². The summed E-state index contributed by atoms with van der Waals surface area (Å²) >= 11 is 6.04. The van der Waals surface area contributed by atoms with Crippen LogP contribution in [-0.4, -0.2) is 24.9 Å². The molecule has 6 nitrogen and oxygen atoms in total. The van der Waals surface area contributed by atoms with Crippen molar-refractivity contribution in [2.75, 3.05) is 7.11 Å². The van der Waals surface area contributed by atoms with E-state index in [0.717, 1.165) is 0 Å². The highest BCUT2D eigenvalue weighted by molar-refractivity contribution is 6.31. The van der Waals surface area contributed by atoms with Gasteiger partial charge < -0.3 is 14.2 Å². The van der Waals surface area contributed by atoms with Crippen molar-refractivity contribution in [3.8, 4) is 11.5 Å². The highest BCUT2D eigenvalue weighted by atomic mass is 35.5. The van der Waals surface area contributed by atoms with Gasteiger partial charge in [-0.1, -0.05) is 35.9 Å². The van der Waals surface area contributed by atoms with Gasteiger partial charge in [0, 0.05) is 5.02 Å². The summed E-state index contributed by atoms with van der Waals surface area (Å²) in [6.07, 6.45) is 1.48. The molecule has 0 spiro atoms. The fourth-order valence-electron chi connectivity index (χ4n) is 2.99. The smallest absolute Gasteiger partial charge is 0.363 e. The number of halogens is 2. The molecule has 0 saturated carbocycles.